The van der Waals surface area contributed by atoms with E-state index >= 15 is 0 Å². The van der Waals surface area contributed by atoms with Gasteiger partial charge in [-0.05, 0) is 31.9 Å². The second kappa shape index (κ2) is 6.00. The number of nitrogens with zero attached hydrogens (tertiary/aromatic N) is 4. The molecule has 6 heteroatoms. The second-order valence-electron chi connectivity index (χ2n) is 5.27. The number of aromatic amines is 1. The minimum atomic E-state index is 0.486. The summed E-state index contributed by atoms with van der Waals surface area (Å²) >= 11 is 0. The van der Waals surface area contributed by atoms with Gasteiger partial charge in [0.15, 0.2) is 5.82 Å². The van der Waals surface area contributed by atoms with Gasteiger partial charge in [0.05, 0.1) is 6.20 Å². The predicted octanol–water partition coefficient (Wildman–Crippen LogP) is 1.27. The number of rotatable bonds is 4. The molecule has 1 saturated heterocycles. The Labute approximate surface area is 118 Å². The largest absolute Gasteiger partial charge is 0.354 e. The molecule has 0 aliphatic carbocycles. The maximum absolute atomic E-state index is 4.19. The quantitative estimate of drug-likeness (QED) is 0.877. The Morgan fingerprint density at radius 3 is 3.20 bits per heavy atom. The molecule has 1 aliphatic rings. The molecule has 1 atom stereocenters. The standard InChI is InChI=1S/C14H20N6/c1-11-12(9-17-18-11)8-15-13-4-3-7-20(10-13)14-5-2-6-16-19-14/h2,5-6,9,13,15H,3-4,7-8,10H2,1H3,(H,17,18)/t13-/m1/s1. The van der Waals surface area contributed by atoms with Gasteiger partial charge in [-0.1, -0.05) is 0 Å². The van der Waals surface area contributed by atoms with E-state index < -0.39 is 0 Å². The third-order valence-electron chi connectivity index (χ3n) is 3.82. The highest BCUT2D eigenvalue weighted by Crippen LogP contribution is 2.17. The van der Waals surface area contributed by atoms with Crippen LogP contribution in [0.25, 0.3) is 0 Å². The van der Waals surface area contributed by atoms with Crippen molar-refractivity contribution < 1.29 is 0 Å². The lowest BCUT2D eigenvalue weighted by molar-refractivity contribution is 0.419. The summed E-state index contributed by atoms with van der Waals surface area (Å²) in [5.41, 5.74) is 2.38. The van der Waals surface area contributed by atoms with E-state index in [1.54, 1.807) is 6.20 Å². The fraction of sp³-hybridized carbons (Fsp3) is 0.500. The molecular weight excluding hydrogens is 252 g/mol. The summed E-state index contributed by atoms with van der Waals surface area (Å²) < 4.78 is 0. The lowest BCUT2D eigenvalue weighted by Gasteiger charge is -2.33. The first-order valence-corrected chi connectivity index (χ1v) is 7.08. The van der Waals surface area contributed by atoms with Crippen molar-refractivity contribution in [2.75, 3.05) is 18.0 Å². The highest BCUT2D eigenvalue weighted by atomic mass is 15.3. The van der Waals surface area contributed by atoms with Gasteiger partial charge in [0, 0.05) is 43.1 Å². The predicted molar refractivity (Wildman–Crippen MR) is 77.4 cm³/mol. The summed E-state index contributed by atoms with van der Waals surface area (Å²) in [5.74, 6) is 0.971. The summed E-state index contributed by atoms with van der Waals surface area (Å²) in [6.45, 7) is 4.95. The molecule has 2 aromatic rings. The molecule has 0 aromatic carbocycles. The summed E-state index contributed by atoms with van der Waals surface area (Å²) in [6, 6.07) is 4.45. The van der Waals surface area contributed by atoms with Crippen molar-refractivity contribution in [3.63, 3.8) is 0 Å². The Balaban J connectivity index is 1.57. The van der Waals surface area contributed by atoms with Gasteiger partial charge in [-0.25, -0.2) is 0 Å². The van der Waals surface area contributed by atoms with E-state index in [1.165, 1.54) is 18.4 Å². The lowest BCUT2D eigenvalue weighted by Crippen LogP contribution is -2.45. The van der Waals surface area contributed by atoms with Crippen molar-refractivity contribution in [3.05, 3.63) is 35.8 Å². The van der Waals surface area contributed by atoms with E-state index in [2.05, 4.69) is 37.5 Å². The second-order valence-corrected chi connectivity index (χ2v) is 5.27. The third kappa shape index (κ3) is 2.96. The monoisotopic (exact) mass is 272 g/mol. The summed E-state index contributed by atoms with van der Waals surface area (Å²) in [4.78, 5) is 2.30. The van der Waals surface area contributed by atoms with Gasteiger partial charge >= 0.3 is 0 Å². The summed E-state index contributed by atoms with van der Waals surface area (Å²) in [6.07, 6.45) is 5.99. The van der Waals surface area contributed by atoms with Gasteiger partial charge in [0.2, 0.25) is 0 Å². The molecule has 3 heterocycles. The van der Waals surface area contributed by atoms with Crippen LogP contribution in [0.15, 0.2) is 24.5 Å². The molecule has 2 N–H and O–H groups in total. The van der Waals surface area contributed by atoms with Crippen LogP contribution in [0.3, 0.4) is 0 Å². The Morgan fingerprint density at radius 1 is 1.50 bits per heavy atom. The van der Waals surface area contributed by atoms with Gasteiger partial charge in [-0.3, -0.25) is 5.10 Å². The lowest BCUT2D eigenvalue weighted by atomic mass is 10.1. The van der Waals surface area contributed by atoms with E-state index in [0.29, 0.717) is 6.04 Å². The molecule has 1 fully saturated rings. The van der Waals surface area contributed by atoms with Gasteiger partial charge in [-0.15, -0.1) is 5.10 Å². The first-order valence-electron chi connectivity index (χ1n) is 7.08. The van der Waals surface area contributed by atoms with Crippen molar-refractivity contribution in [2.24, 2.45) is 0 Å². The SMILES string of the molecule is Cc1[nH]ncc1CN[C@@H]1CCCN(c2cccnn2)C1. The van der Waals surface area contributed by atoms with E-state index in [-0.39, 0.29) is 0 Å². The van der Waals surface area contributed by atoms with Crippen LogP contribution in [0.5, 0.6) is 0 Å². The smallest absolute Gasteiger partial charge is 0.151 e. The number of H-pyrrole nitrogens is 1. The minimum absolute atomic E-state index is 0.486. The fourth-order valence-corrected chi connectivity index (χ4v) is 2.62. The van der Waals surface area contributed by atoms with E-state index in [1.807, 2.05) is 18.3 Å². The summed E-state index contributed by atoms with van der Waals surface area (Å²) in [7, 11) is 0. The van der Waals surface area contributed by atoms with Crippen molar-refractivity contribution >= 4 is 5.82 Å². The van der Waals surface area contributed by atoms with Gasteiger partial charge in [0.1, 0.15) is 0 Å². The fourth-order valence-electron chi connectivity index (χ4n) is 2.62. The van der Waals surface area contributed by atoms with Crippen LogP contribution in [0.1, 0.15) is 24.1 Å². The van der Waals surface area contributed by atoms with Gasteiger partial charge in [0.25, 0.3) is 0 Å². The van der Waals surface area contributed by atoms with Crippen LogP contribution >= 0.6 is 0 Å². The molecule has 0 saturated carbocycles. The van der Waals surface area contributed by atoms with Crippen molar-refractivity contribution in [1.82, 2.24) is 25.7 Å². The molecule has 0 bridgehead atoms. The van der Waals surface area contributed by atoms with Crippen molar-refractivity contribution in [3.8, 4) is 0 Å². The molecular formula is C14H20N6. The molecule has 6 nitrogen and oxygen atoms in total. The normalized spacial score (nSPS) is 19.2. The zero-order valence-corrected chi connectivity index (χ0v) is 11.7. The zero-order chi connectivity index (χ0) is 13.8. The van der Waals surface area contributed by atoms with Crippen LogP contribution < -0.4 is 10.2 Å². The minimum Gasteiger partial charge on any atom is -0.354 e. The molecule has 20 heavy (non-hydrogen) atoms. The molecule has 0 spiro atoms. The number of nitrogens with one attached hydrogen (secondary N) is 2. The number of hydrogen-bond donors (Lipinski definition) is 2. The number of hydrogen-bond acceptors (Lipinski definition) is 5. The maximum Gasteiger partial charge on any atom is 0.151 e. The number of aryl methyl sites for hydroxylation is 1. The molecule has 1 aliphatic heterocycles. The highest BCUT2D eigenvalue weighted by Gasteiger charge is 2.20. The van der Waals surface area contributed by atoms with Crippen LogP contribution in [0.4, 0.5) is 5.82 Å². The van der Waals surface area contributed by atoms with Crippen molar-refractivity contribution in [2.45, 2.75) is 32.4 Å². The Hall–Kier alpha value is -1.95. The Morgan fingerprint density at radius 2 is 2.45 bits per heavy atom. The third-order valence-corrected chi connectivity index (χ3v) is 3.82. The molecule has 2 aromatic heterocycles. The van der Waals surface area contributed by atoms with E-state index in [0.717, 1.165) is 31.1 Å². The van der Waals surface area contributed by atoms with Crippen LogP contribution in [0, 0.1) is 6.92 Å². The molecule has 3 rings (SSSR count). The van der Waals surface area contributed by atoms with Gasteiger partial charge in [-0.2, -0.15) is 10.2 Å². The number of piperidine rings is 1. The van der Waals surface area contributed by atoms with E-state index in [4.69, 9.17) is 0 Å². The maximum atomic E-state index is 4.19. The zero-order valence-electron chi connectivity index (χ0n) is 11.7. The van der Waals surface area contributed by atoms with Crippen molar-refractivity contribution in [1.29, 1.82) is 0 Å². The van der Waals surface area contributed by atoms with Gasteiger partial charge < -0.3 is 10.2 Å². The average molecular weight is 272 g/mol. The molecule has 0 amide bonds. The van der Waals surface area contributed by atoms with Crippen LogP contribution in [0.2, 0.25) is 0 Å². The molecule has 0 unspecified atom stereocenters. The average Bonchev–Trinajstić information content (AvgIpc) is 2.92. The number of anilines is 1. The van der Waals surface area contributed by atoms with E-state index in [9.17, 15) is 0 Å². The topological polar surface area (TPSA) is 69.7 Å². The van der Waals surface area contributed by atoms with Crippen LogP contribution in [-0.2, 0) is 6.54 Å². The summed E-state index contributed by atoms with van der Waals surface area (Å²) in [5, 5.41) is 18.8. The first-order chi connectivity index (χ1) is 9.83. The number of aromatic nitrogens is 4. The Kier molecular flexibility index (Phi) is 3.92. The van der Waals surface area contributed by atoms with Crippen LogP contribution in [-0.4, -0.2) is 39.5 Å². The first kappa shape index (κ1) is 13.1. The highest BCUT2D eigenvalue weighted by molar-refractivity contribution is 5.37. The molecule has 106 valence electrons. The molecule has 0 radical (unpaired) electrons. The Bertz CT molecular complexity index is 538.